The maximum Gasteiger partial charge on any atom is 0.263 e. The van der Waals surface area contributed by atoms with Crippen LogP contribution in [0.3, 0.4) is 0 Å². The highest BCUT2D eigenvalue weighted by atomic mass is 19.3. The van der Waals surface area contributed by atoms with Crippen molar-refractivity contribution in [1.29, 1.82) is 0 Å². The van der Waals surface area contributed by atoms with E-state index in [1.54, 1.807) is 20.9 Å². The number of halogens is 2. The third kappa shape index (κ3) is 3.28. The van der Waals surface area contributed by atoms with Gasteiger partial charge in [0.05, 0.1) is 12.6 Å². The van der Waals surface area contributed by atoms with Crippen LogP contribution in [-0.4, -0.2) is 36.2 Å². The number of nitrogens with zero attached hydrogens (tertiary/aromatic N) is 1. The Morgan fingerprint density at radius 2 is 2.13 bits per heavy atom. The molecule has 1 saturated heterocycles. The minimum atomic E-state index is -2.67. The Labute approximate surface area is 88.6 Å². The number of carbonyl (C=O) groups excluding carboxylic acids is 1. The molecular weight excluding hydrogens is 200 g/mol. The lowest BCUT2D eigenvalue weighted by atomic mass is 10.1. The molecule has 1 rings (SSSR count). The summed E-state index contributed by atoms with van der Waals surface area (Å²) in [6, 6.07) is -0.498. The van der Waals surface area contributed by atoms with E-state index in [4.69, 9.17) is 0 Å². The molecule has 1 fully saturated rings. The topological polar surface area (TPSA) is 20.3 Å². The Balaban J connectivity index is 2.64. The van der Waals surface area contributed by atoms with E-state index in [0.717, 1.165) is 0 Å². The third-order valence-electron chi connectivity index (χ3n) is 2.39. The van der Waals surface area contributed by atoms with Crippen molar-refractivity contribution in [2.45, 2.75) is 32.2 Å². The summed E-state index contributed by atoms with van der Waals surface area (Å²) < 4.78 is 25.9. The predicted molar refractivity (Wildman–Crippen MR) is 53.6 cm³/mol. The van der Waals surface area contributed by atoms with Crippen molar-refractivity contribution in [2.24, 2.45) is 5.92 Å². The molecule has 4 heteroatoms. The lowest BCUT2D eigenvalue weighted by Gasteiger charge is -2.11. The minimum absolute atomic E-state index is 0.162. The zero-order valence-corrected chi connectivity index (χ0v) is 9.18. The molecule has 0 aromatic heterocycles. The molecule has 0 amide bonds. The number of carbonyl (C=O) groups is 1. The highest BCUT2D eigenvalue weighted by Gasteiger charge is 2.42. The maximum absolute atomic E-state index is 12.9. The molecule has 0 saturated carbocycles. The first-order valence-corrected chi connectivity index (χ1v) is 4.95. The van der Waals surface area contributed by atoms with Crippen LogP contribution in [0.1, 0.15) is 20.3 Å². The summed E-state index contributed by atoms with van der Waals surface area (Å²) in [6.45, 7) is 3.20. The van der Waals surface area contributed by atoms with E-state index in [1.807, 2.05) is 0 Å². The first kappa shape index (κ1) is 12.1. The van der Waals surface area contributed by atoms with Crippen molar-refractivity contribution in [3.05, 3.63) is 0 Å². The van der Waals surface area contributed by atoms with Gasteiger partial charge in [0.25, 0.3) is 5.92 Å². The summed E-state index contributed by atoms with van der Waals surface area (Å²) in [6.07, 6.45) is -0.276. The average molecular weight is 215 g/mol. The molecule has 0 bridgehead atoms. The van der Waals surface area contributed by atoms with E-state index >= 15 is 0 Å². The van der Waals surface area contributed by atoms with Gasteiger partial charge < -0.3 is 0 Å². The summed E-state index contributed by atoms with van der Waals surface area (Å²) in [5, 5.41) is 0. The summed E-state index contributed by atoms with van der Waals surface area (Å²) in [4.78, 5) is 12.7. The van der Waals surface area contributed by atoms with Gasteiger partial charge in [-0.05, 0) is 13.0 Å². The summed E-state index contributed by atoms with van der Waals surface area (Å²) in [7, 11) is 1.60. The molecule has 1 unspecified atom stereocenters. The molecule has 1 aliphatic rings. The van der Waals surface area contributed by atoms with Gasteiger partial charge in [0.2, 0.25) is 5.78 Å². The van der Waals surface area contributed by atoms with Crippen molar-refractivity contribution >= 4 is 5.78 Å². The zero-order valence-electron chi connectivity index (χ0n) is 9.18. The molecule has 2 nitrogen and oxygen atoms in total. The molecule has 0 N–H and O–H groups in total. The van der Waals surface area contributed by atoms with Gasteiger partial charge in [0.15, 0.2) is 0 Å². The molecule has 0 spiro atoms. The van der Waals surface area contributed by atoms with Crippen LogP contribution in [0.15, 0.2) is 0 Å². The van der Waals surface area contributed by atoms with Crippen LogP contribution in [0.4, 0.5) is 8.78 Å². The van der Waals surface area contributed by atoms with Gasteiger partial charge in [-0.15, -0.1) is 0 Å². The van der Waals surface area contributed by atoms with Gasteiger partial charge in [-0.2, -0.15) is 0 Å². The first-order chi connectivity index (χ1) is 6.82. The van der Waals surface area contributed by atoms with Gasteiger partial charge in [0, 0.05) is 12.3 Å². The Bertz CT molecular complexity index is 314. The second-order valence-electron chi connectivity index (χ2n) is 4.28. The minimum Gasteiger partial charge on any atom is -0.287 e. The van der Waals surface area contributed by atoms with Gasteiger partial charge in [-0.25, -0.2) is 8.78 Å². The smallest absolute Gasteiger partial charge is 0.263 e. The van der Waals surface area contributed by atoms with Gasteiger partial charge in [-0.1, -0.05) is 19.8 Å². The van der Waals surface area contributed by atoms with Crippen molar-refractivity contribution < 1.29 is 13.6 Å². The number of Topliss-reactive ketones (excluding diaryl/α,β-unsaturated/α-hetero) is 1. The number of ketones is 1. The number of likely N-dealkylation sites (tertiary alicyclic amines) is 1. The molecule has 1 atom stereocenters. The fourth-order valence-electron chi connectivity index (χ4n) is 1.44. The number of hydrogen-bond donors (Lipinski definition) is 0. The number of rotatable bonds is 1. The van der Waals surface area contributed by atoms with E-state index in [0.29, 0.717) is 0 Å². The molecule has 0 radical (unpaired) electrons. The highest BCUT2D eigenvalue weighted by Crippen LogP contribution is 2.30. The summed E-state index contributed by atoms with van der Waals surface area (Å²) in [5.74, 6) is 2.01. The maximum atomic E-state index is 12.9. The molecule has 0 aromatic carbocycles. The Hall–Kier alpha value is -0.950. The summed E-state index contributed by atoms with van der Waals surface area (Å²) in [5.41, 5.74) is 0. The van der Waals surface area contributed by atoms with Crippen molar-refractivity contribution in [1.82, 2.24) is 4.90 Å². The zero-order chi connectivity index (χ0) is 11.6. The Morgan fingerprint density at radius 3 is 2.53 bits per heavy atom. The van der Waals surface area contributed by atoms with Crippen LogP contribution in [0.25, 0.3) is 0 Å². The van der Waals surface area contributed by atoms with Crippen LogP contribution >= 0.6 is 0 Å². The number of hydrogen-bond acceptors (Lipinski definition) is 2. The van der Waals surface area contributed by atoms with Gasteiger partial charge >= 0.3 is 0 Å². The van der Waals surface area contributed by atoms with Crippen LogP contribution in [0, 0.1) is 17.8 Å². The lowest BCUT2D eigenvalue weighted by molar-refractivity contribution is -0.116. The fourth-order valence-corrected chi connectivity index (χ4v) is 1.44. The first-order valence-electron chi connectivity index (χ1n) is 4.95. The lowest BCUT2D eigenvalue weighted by Crippen LogP contribution is -2.25. The van der Waals surface area contributed by atoms with Crippen LogP contribution in [0.5, 0.6) is 0 Å². The molecule has 1 aliphatic heterocycles. The fraction of sp³-hybridized carbons (Fsp3) is 0.727. The quantitative estimate of drug-likeness (QED) is 0.488. The monoisotopic (exact) mass is 215 g/mol. The standard InChI is InChI=1S/C11H15F2NO/c1-8(2)10(15)5-4-9-6-11(12,13)7-14(9)3/h8-9H,6-7H2,1-3H3. The molecule has 1 heterocycles. The van der Waals surface area contributed by atoms with Crippen molar-refractivity contribution in [2.75, 3.05) is 13.6 Å². The average Bonchev–Trinajstić information content (AvgIpc) is 2.35. The van der Waals surface area contributed by atoms with E-state index in [1.165, 1.54) is 4.90 Å². The third-order valence-corrected chi connectivity index (χ3v) is 2.39. The molecule has 15 heavy (non-hydrogen) atoms. The van der Waals surface area contributed by atoms with E-state index < -0.39 is 12.0 Å². The van der Waals surface area contributed by atoms with Crippen molar-refractivity contribution in [3.63, 3.8) is 0 Å². The van der Waals surface area contributed by atoms with Gasteiger partial charge in [0.1, 0.15) is 0 Å². The largest absolute Gasteiger partial charge is 0.287 e. The summed E-state index contributed by atoms with van der Waals surface area (Å²) >= 11 is 0. The van der Waals surface area contributed by atoms with Crippen LogP contribution < -0.4 is 0 Å². The Kier molecular flexibility index (Phi) is 3.46. The molecule has 84 valence electrons. The Morgan fingerprint density at radius 1 is 1.53 bits per heavy atom. The highest BCUT2D eigenvalue weighted by molar-refractivity contribution is 5.96. The predicted octanol–water partition coefficient (Wildman–Crippen LogP) is 1.55. The number of alkyl halides is 2. The second kappa shape index (κ2) is 4.28. The van der Waals surface area contributed by atoms with Crippen molar-refractivity contribution in [3.8, 4) is 11.8 Å². The van der Waals surface area contributed by atoms with Crippen LogP contribution in [0.2, 0.25) is 0 Å². The van der Waals surface area contributed by atoms with Gasteiger partial charge in [-0.3, -0.25) is 9.69 Å². The molecule has 0 aromatic rings. The molecule has 0 aliphatic carbocycles. The normalized spacial score (nSPS) is 25.1. The van der Waals surface area contributed by atoms with E-state index in [2.05, 4.69) is 11.8 Å². The van der Waals surface area contributed by atoms with E-state index in [9.17, 15) is 13.6 Å². The van der Waals surface area contributed by atoms with Crippen LogP contribution in [-0.2, 0) is 4.79 Å². The molecular formula is C11H15F2NO. The second-order valence-corrected chi connectivity index (χ2v) is 4.28. The SMILES string of the molecule is CC(C)C(=O)C#CC1CC(F)(F)CN1C. The van der Waals surface area contributed by atoms with E-state index in [-0.39, 0.29) is 24.7 Å².